The maximum atomic E-state index is 13.1. The molecule has 0 aliphatic carbocycles. The minimum Gasteiger partial charge on any atom is -0.466 e. The van der Waals surface area contributed by atoms with E-state index in [4.69, 9.17) is 14.6 Å². The van der Waals surface area contributed by atoms with Gasteiger partial charge in [-0.1, -0.05) is 36.4 Å². The molecular weight excluding hydrogens is 420 g/mol. The predicted octanol–water partition coefficient (Wildman–Crippen LogP) is 4.77. The predicted molar refractivity (Wildman–Crippen MR) is 127 cm³/mol. The van der Waals surface area contributed by atoms with Gasteiger partial charge in [0.15, 0.2) is 5.78 Å². The summed E-state index contributed by atoms with van der Waals surface area (Å²) in [6.07, 6.45) is 7.14. The van der Waals surface area contributed by atoms with E-state index < -0.39 is 5.97 Å². The number of carbonyl (C=O) groups is 3. The number of esters is 2. The molecule has 0 amide bonds. The summed E-state index contributed by atoms with van der Waals surface area (Å²) in [5, 5.41) is 8.92. The van der Waals surface area contributed by atoms with Crippen molar-refractivity contribution in [1.29, 1.82) is 0 Å². The molecule has 0 bridgehead atoms. The van der Waals surface area contributed by atoms with Gasteiger partial charge in [-0.05, 0) is 68.9 Å². The highest BCUT2D eigenvalue weighted by Gasteiger charge is 2.15. The Morgan fingerprint density at radius 2 is 1.64 bits per heavy atom. The highest BCUT2D eigenvalue weighted by Crippen LogP contribution is 2.20. The van der Waals surface area contributed by atoms with Crippen LogP contribution in [0.2, 0.25) is 0 Å². The first-order valence-corrected chi connectivity index (χ1v) is 11.4. The summed E-state index contributed by atoms with van der Waals surface area (Å²) in [4.78, 5) is 37.0. The number of hydrogen-bond donors (Lipinski definition) is 1. The third-order valence-corrected chi connectivity index (χ3v) is 5.02. The van der Waals surface area contributed by atoms with Gasteiger partial charge in [0, 0.05) is 24.2 Å². The average molecular weight is 453 g/mol. The number of aliphatic hydroxyl groups excluding tert-OH is 1. The van der Waals surface area contributed by atoms with Crippen molar-refractivity contribution >= 4 is 23.8 Å². The number of aliphatic hydroxyl groups is 1. The number of unbranched alkanes of at least 4 members (excludes halogenated alkanes) is 2. The van der Waals surface area contributed by atoms with Crippen LogP contribution in [0.15, 0.2) is 48.5 Å². The Morgan fingerprint density at radius 1 is 0.909 bits per heavy atom. The molecule has 2 rings (SSSR count). The Bertz CT molecular complexity index is 976. The Balaban J connectivity index is 2.28. The largest absolute Gasteiger partial charge is 0.466 e. The van der Waals surface area contributed by atoms with Gasteiger partial charge in [0.2, 0.25) is 0 Å². The fraction of sp³-hybridized carbons (Fsp3) is 0.370. The van der Waals surface area contributed by atoms with E-state index in [2.05, 4.69) is 0 Å². The molecule has 0 atom stereocenters. The van der Waals surface area contributed by atoms with Crippen LogP contribution in [0.5, 0.6) is 0 Å². The van der Waals surface area contributed by atoms with Gasteiger partial charge in [-0.3, -0.25) is 9.59 Å². The lowest BCUT2D eigenvalue weighted by molar-refractivity contribution is -0.143. The smallest absolute Gasteiger partial charge is 0.338 e. The molecule has 2 aromatic rings. The summed E-state index contributed by atoms with van der Waals surface area (Å²) >= 11 is 0. The molecule has 0 saturated heterocycles. The normalized spacial score (nSPS) is 10.9. The van der Waals surface area contributed by atoms with Crippen molar-refractivity contribution in [3.8, 4) is 0 Å². The van der Waals surface area contributed by atoms with E-state index in [-0.39, 0.29) is 31.4 Å². The molecule has 6 heteroatoms. The number of ether oxygens (including phenoxy) is 2. The zero-order valence-corrected chi connectivity index (χ0v) is 19.3. The number of carbonyl (C=O) groups excluding carboxylic acids is 3. The van der Waals surface area contributed by atoms with Crippen LogP contribution >= 0.6 is 0 Å². The molecule has 0 unspecified atom stereocenters. The lowest BCUT2D eigenvalue weighted by Gasteiger charge is -2.10. The number of ketones is 1. The van der Waals surface area contributed by atoms with Crippen molar-refractivity contribution in [3.63, 3.8) is 0 Å². The van der Waals surface area contributed by atoms with Gasteiger partial charge < -0.3 is 14.6 Å². The standard InChI is InChI=1S/C27H32O6/c1-3-32-25(29)16-15-21-18-23(14-13-20(21)10-7-5-6-8-17-28)26(30)22-11-9-12-24(19-22)27(31)33-4-2/h7,9-14,18-19,28H,3-6,8,15-17H2,1-2H3/b10-7-. The SMILES string of the molecule is CCOC(=O)CCc1cc(C(=O)c2cccc(C(=O)OCC)c2)ccc1/C=C\CCCCO. The fourth-order valence-electron chi connectivity index (χ4n) is 3.35. The number of allylic oxidation sites excluding steroid dienone is 1. The third kappa shape index (κ3) is 8.31. The van der Waals surface area contributed by atoms with E-state index in [9.17, 15) is 14.4 Å². The second-order valence-corrected chi connectivity index (χ2v) is 7.47. The molecule has 0 aromatic heterocycles. The average Bonchev–Trinajstić information content (AvgIpc) is 2.83. The summed E-state index contributed by atoms with van der Waals surface area (Å²) < 4.78 is 10.1. The van der Waals surface area contributed by atoms with Gasteiger partial charge in [0.1, 0.15) is 0 Å². The van der Waals surface area contributed by atoms with Crippen molar-refractivity contribution in [2.75, 3.05) is 19.8 Å². The second-order valence-electron chi connectivity index (χ2n) is 7.47. The van der Waals surface area contributed by atoms with Gasteiger partial charge in [-0.15, -0.1) is 0 Å². The van der Waals surface area contributed by atoms with E-state index in [1.54, 1.807) is 44.2 Å². The highest BCUT2D eigenvalue weighted by atomic mass is 16.5. The summed E-state index contributed by atoms with van der Waals surface area (Å²) in [6, 6.07) is 11.9. The Morgan fingerprint density at radius 3 is 2.36 bits per heavy atom. The van der Waals surface area contributed by atoms with Crippen molar-refractivity contribution < 1.29 is 29.0 Å². The molecule has 1 N–H and O–H groups in total. The van der Waals surface area contributed by atoms with Crippen LogP contribution in [0.3, 0.4) is 0 Å². The van der Waals surface area contributed by atoms with Gasteiger partial charge in [-0.25, -0.2) is 4.79 Å². The van der Waals surface area contributed by atoms with Gasteiger partial charge in [0.05, 0.1) is 18.8 Å². The maximum Gasteiger partial charge on any atom is 0.338 e. The molecule has 0 heterocycles. The first kappa shape index (κ1) is 26.0. The number of benzene rings is 2. The van der Waals surface area contributed by atoms with Crippen LogP contribution < -0.4 is 0 Å². The van der Waals surface area contributed by atoms with Gasteiger partial charge >= 0.3 is 11.9 Å². The first-order valence-electron chi connectivity index (χ1n) is 11.4. The molecule has 0 saturated carbocycles. The lowest BCUT2D eigenvalue weighted by Crippen LogP contribution is -2.09. The third-order valence-electron chi connectivity index (χ3n) is 5.02. The number of rotatable bonds is 13. The van der Waals surface area contributed by atoms with E-state index in [0.29, 0.717) is 29.7 Å². The summed E-state index contributed by atoms with van der Waals surface area (Å²) in [6.45, 7) is 4.25. The van der Waals surface area contributed by atoms with Crippen LogP contribution in [0, 0.1) is 0 Å². The van der Waals surface area contributed by atoms with Crippen molar-refractivity contribution in [2.45, 2.75) is 46.0 Å². The molecule has 0 aliphatic heterocycles. The van der Waals surface area contributed by atoms with Crippen molar-refractivity contribution in [2.24, 2.45) is 0 Å². The molecule has 6 nitrogen and oxygen atoms in total. The van der Waals surface area contributed by atoms with Crippen molar-refractivity contribution in [1.82, 2.24) is 0 Å². The lowest BCUT2D eigenvalue weighted by atomic mass is 9.95. The zero-order valence-electron chi connectivity index (χ0n) is 19.3. The zero-order chi connectivity index (χ0) is 24.1. The molecule has 2 aromatic carbocycles. The minimum atomic E-state index is -0.469. The quantitative estimate of drug-likeness (QED) is 0.268. The monoisotopic (exact) mass is 452 g/mol. The molecule has 33 heavy (non-hydrogen) atoms. The van der Waals surface area contributed by atoms with Crippen molar-refractivity contribution in [3.05, 3.63) is 76.4 Å². The summed E-state index contributed by atoms with van der Waals surface area (Å²) in [5.74, 6) is -0.963. The second kappa shape index (κ2) is 14.0. The maximum absolute atomic E-state index is 13.1. The van der Waals surface area contributed by atoms with Crippen LogP contribution in [-0.4, -0.2) is 42.6 Å². The Labute approximate surface area is 195 Å². The first-order chi connectivity index (χ1) is 16.0. The fourth-order valence-corrected chi connectivity index (χ4v) is 3.35. The van der Waals surface area contributed by atoms with Crippen LogP contribution in [-0.2, 0) is 20.7 Å². The summed E-state index contributed by atoms with van der Waals surface area (Å²) in [7, 11) is 0. The molecular formula is C27H32O6. The van der Waals surface area contributed by atoms with Crippen LogP contribution in [0.4, 0.5) is 0 Å². The molecule has 0 aliphatic rings. The Kier molecular flexibility index (Phi) is 11.0. The number of aryl methyl sites for hydroxylation is 1. The Hall–Kier alpha value is -3.25. The van der Waals surface area contributed by atoms with Crippen LogP contribution in [0.25, 0.3) is 6.08 Å². The number of hydrogen-bond acceptors (Lipinski definition) is 6. The minimum absolute atomic E-state index is 0.173. The topological polar surface area (TPSA) is 89.9 Å². The molecule has 176 valence electrons. The van der Waals surface area contributed by atoms with E-state index >= 15 is 0 Å². The molecule has 0 spiro atoms. The van der Waals surface area contributed by atoms with E-state index in [1.165, 1.54) is 6.07 Å². The van der Waals surface area contributed by atoms with Gasteiger partial charge in [0.25, 0.3) is 0 Å². The molecule has 0 radical (unpaired) electrons. The highest BCUT2D eigenvalue weighted by molar-refractivity contribution is 6.10. The van der Waals surface area contributed by atoms with Gasteiger partial charge in [-0.2, -0.15) is 0 Å². The molecule has 0 fully saturated rings. The van der Waals surface area contributed by atoms with E-state index in [0.717, 1.165) is 30.4 Å². The van der Waals surface area contributed by atoms with E-state index in [1.807, 2.05) is 18.2 Å². The summed E-state index contributed by atoms with van der Waals surface area (Å²) in [5.41, 5.74) is 3.00. The van der Waals surface area contributed by atoms with Crippen LogP contribution in [0.1, 0.15) is 76.9 Å².